The number of hydrogen-bond acceptors (Lipinski definition) is 7. The largest absolute Gasteiger partial charge is 0.477 e. The van der Waals surface area contributed by atoms with Gasteiger partial charge in [-0.25, -0.2) is 14.7 Å². The van der Waals surface area contributed by atoms with Crippen LogP contribution in [0.1, 0.15) is 20.3 Å². The number of carboxylic acids is 1. The van der Waals surface area contributed by atoms with E-state index < -0.39 is 62.1 Å². The predicted molar refractivity (Wildman–Crippen MR) is 99.1 cm³/mol. The van der Waals surface area contributed by atoms with Crippen LogP contribution in [0.15, 0.2) is 10.6 Å². The molecule has 0 aromatic heterocycles. The summed E-state index contributed by atoms with van der Waals surface area (Å²) in [5, 5.41) is 27.0. The fourth-order valence-corrected chi connectivity index (χ4v) is 6.62. The van der Waals surface area contributed by atoms with Gasteiger partial charge in [0.25, 0.3) is 10.2 Å². The molecule has 28 heavy (non-hydrogen) atoms. The minimum atomic E-state index is -3.84. The Labute approximate surface area is 165 Å². The van der Waals surface area contributed by atoms with Gasteiger partial charge in [0, 0.05) is 25.0 Å². The lowest BCUT2D eigenvalue weighted by Crippen LogP contribution is -2.63. The number of nitrogens with one attached hydrogen (secondary N) is 2. The van der Waals surface area contributed by atoms with E-state index in [9.17, 15) is 32.4 Å². The summed E-state index contributed by atoms with van der Waals surface area (Å²) in [5.41, 5.74) is -0.260. The lowest BCUT2D eigenvalue weighted by molar-refractivity contribution is -0.163. The molecule has 3 heterocycles. The van der Waals surface area contributed by atoms with E-state index in [1.165, 1.54) is 6.92 Å². The summed E-state index contributed by atoms with van der Waals surface area (Å²) in [4.78, 5) is 25.5. The topological polar surface area (TPSA) is 179 Å². The number of aliphatic hydroxyl groups is 1. The molecular formula is C15H24N4O7S2. The molecular weight excluding hydrogens is 412 g/mol. The lowest BCUT2D eigenvalue weighted by Gasteiger charge is -2.46. The highest BCUT2D eigenvalue weighted by Crippen LogP contribution is 2.48. The fourth-order valence-electron chi connectivity index (χ4n) is 4.29. The van der Waals surface area contributed by atoms with Gasteiger partial charge >= 0.3 is 5.97 Å². The van der Waals surface area contributed by atoms with Gasteiger partial charge in [-0.15, -0.1) is 0 Å². The lowest BCUT2D eigenvalue weighted by atomic mass is 9.79. The summed E-state index contributed by atoms with van der Waals surface area (Å²) < 4.78 is 37.4. The van der Waals surface area contributed by atoms with Crippen LogP contribution >= 0.6 is 0 Å². The summed E-state index contributed by atoms with van der Waals surface area (Å²) in [5.74, 6) is -2.98. The Morgan fingerprint density at radius 1 is 1.50 bits per heavy atom. The van der Waals surface area contributed by atoms with Crippen molar-refractivity contribution in [2.75, 3.05) is 13.1 Å². The molecule has 0 spiro atoms. The highest BCUT2D eigenvalue weighted by Gasteiger charge is 2.61. The van der Waals surface area contributed by atoms with Crippen molar-refractivity contribution in [1.82, 2.24) is 14.9 Å². The normalized spacial score (nSPS) is 34.9. The minimum Gasteiger partial charge on any atom is -0.477 e. The molecule has 6 N–H and O–H groups in total. The average Bonchev–Trinajstić information content (AvgIpc) is 3.13. The smallest absolute Gasteiger partial charge is 0.353 e. The van der Waals surface area contributed by atoms with Crippen LogP contribution in [0, 0.1) is 11.8 Å². The van der Waals surface area contributed by atoms with Gasteiger partial charge in [0.2, 0.25) is 5.91 Å². The Morgan fingerprint density at radius 3 is 2.68 bits per heavy atom. The fraction of sp³-hybridized carbons (Fsp3) is 0.733. The van der Waals surface area contributed by atoms with E-state index in [1.807, 2.05) is 0 Å². The van der Waals surface area contributed by atoms with E-state index in [2.05, 4.69) is 10.0 Å². The molecule has 0 saturated carbocycles. The molecule has 1 amide bonds. The maximum Gasteiger partial charge on any atom is 0.353 e. The van der Waals surface area contributed by atoms with Gasteiger partial charge in [-0.2, -0.15) is 8.42 Å². The number of carbonyl (C=O) groups excluding carboxylic acids is 1. The second kappa shape index (κ2) is 7.46. The number of hydrogen-bond donors (Lipinski definition) is 5. The molecule has 158 valence electrons. The Hall–Kier alpha value is -1.38. The van der Waals surface area contributed by atoms with E-state index in [0.717, 1.165) is 4.90 Å². The highest BCUT2D eigenvalue weighted by molar-refractivity contribution is 7.89. The van der Waals surface area contributed by atoms with Crippen LogP contribution in [0.25, 0.3) is 0 Å². The molecule has 2 fully saturated rings. The third-order valence-corrected chi connectivity index (χ3v) is 8.08. The number of carbonyl (C=O) groups is 2. The Balaban J connectivity index is 1.79. The van der Waals surface area contributed by atoms with Crippen LogP contribution in [0.2, 0.25) is 0 Å². The van der Waals surface area contributed by atoms with E-state index in [4.69, 9.17) is 5.14 Å². The van der Waals surface area contributed by atoms with Crippen LogP contribution in [0.4, 0.5) is 0 Å². The molecule has 7 atom stereocenters. The number of aliphatic carboxylic acids is 1. The predicted octanol–water partition coefficient (Wildman–Crippen LogP) is -2.59. The molecule has 13 heteroatoms. The standard InChI is InChI=1S/C15H24N4O7S2/c1-6-11-10(7(2)20)14(21)19(11)12(15(22)23)13(6)27(24)9-3-8(17-5-9)4-18-28(16,25)26/h6-11,17-18,20H,3-5H2,1-2H3,(H,22,23)(H2,16,25,26)/t6-,7-,8+,9+,10+,11+,27-/m1/s1. The number of carboxylic acid groups (broad SMARTS) is 1. The summed E-state index contributed by atoms with van der Waals surface area (Å²) in [6.45, 7) is 3.53. The Kier molecular flexibility index (Phi) is 5.68. The highest BCUT2D eigenvalue weighted by atomic mass is 32.2. The first-order chi connectivity index (χ1) is 12.9. The van der Waals surface area contributed by atoms with Crippen molar-refractivity contribution in [2.45, 2.75) is 43.7 Å². The molecule has 3 aliphatic heterocycles. The second-order valence-electron chi connectivity index (χ2n) is 7.43. The van der Waals surface area contributed by atoms with Crippen molar-refractivity contribution in [3.05, 3.63) is 10.6 Å². The maximum absolute atomic E-state index is 13.2. The second-order valence-corrected chi connectivity index (χ2v) is 10.5. The first kappa shape index (κ1) is 21.3. The Morgan fingerprint density at radius 2 is 2.14 bits per heavy atom. The number of amides is 1. The zero-order valence-corrected chi connectivity index (χ0v) is 17.0. The molecule has 0 aromatic rings. The Bertz CT molecular complexity index is 856. The maximum atomic E-state index is 13.2. The first-order valence-electron chi connectivity index (χ1n) is 8.84. The number of fused-ring (bicyclic) bond motifs is 1. The number of nitrogens with two attached hydrogens (primary N) is 1. The number of rotatable bonds is 7. The number of aliphatic hydroxyl groups excluding tert-OH is 1. The quantitative estimate of drug-likeness (QED) is 0.270. The third kappa shape index (κ3) is 3.62. The van der Waals surface area contributed by atoms with Gasteiger partial charge in [0.15, 0.2) is 0 Å². The van der Waals surface area contributed by atoms with Crippen LogP contribution < -0.4 is 15.2 Å². The summed E-state index contributed by atoms with van der Waals surface area (Å²) in [6.07, 6.45) is -0.572. The van der Waals surface area contributed by atoms with Crippen LogP contribution in [0.5, 0.6) is 0 Å². The molecule has 3 rings (SSSR count). The van der Waals surface area contributed by atoms with E-state index in [0.29, 0.717) is 13.0 Å². The minimum absolute atomic E-state index is 0.0320. The summed E-state index contributed by atoms with van der Waals surface area (Å²) in [6, 6.07) is -0.812. The molecule has 0 unspecified atom stereocenters. The number of β-lactam (4-membered cyclic amide) rings is 1. The van der Waals surface area contributed by atoms with E-state index in [1.54, 1.807) is 6.92 Å². The molecule has 0 aliphatic carbocycles. The van der Waals surface area contributed by atoms with Gasteiger partial charge < -0.3 is 20.4 Å². The molecule has 0 aromatic carbocycles. The molecule has 2 saturated heterocycles. The van der Waals surface area contributed by atoms with Crippen molar-refractivity contribution in [1.29, 1.82) is 0 Å². The van der Waals surface area contributed by atoms with Gasteiger partial charge in [-0.1, -0.05) is 6.92 Å². The first-order valence-corrected chi connectivity index (χ1v) is 11.6. The van der Waals surface area contributed by atoms with Crippen LogP contribution in [0.3, 0.4) is 0 Å². The van der Waals surface area contributed by atoms with E-state index >= 15 is 0 Å². The molecule has 11 nitrogen and oxygen atoms in total. The third-order valence-electron chi connectivity index (χ3n) is 5.54. The average molecular weight is 437 g/mol. The van der Waals surface area contributed by atoms with Gasteiger partial charge in [-0.3, -0.25) is 9.00 Å². The van der Waals surface area contributed by atoms with Gasteiger partial charge in [0.05, 0.1) is 39.0 Å². The summed E-state index contributed by atoms with van der Waals surface area (Å²) in [7, 11) is -5.53. The van der Waals surface area contributed by atoms with Gasteiger partial charge in [0.1, 0.15) is 5.70 Å². The van der Waals surface area contributed by atoms with Crippen molar-refractivity contribution >= 4 is 32.9 Å². The van der Waals surface area contributed by atoms with Crippen molar-refractivity contribution < 1.29 is 32.4 Å². The summed E-state index contributed by atoms with van der Waals surface area (Å²) >= 11 is 0. The molecule has 0 bridgehead atoms. The zero-order chi connectivity index (χ0) is 21.0. The monoisotopic (exact) mass is 436 g/mol. The molecule has 3 aliphatic rings. The van der Waals surface area contributed by atoms with E-state index in [-0.39, 0.29) is 23.2 Å². The number of nitrogens with zero attached hydrogens (tertiary/aromatic N) is 1. The van der Waals surface area contributed by atoms with Crippen LogP contribution in [-0.2, 0) is 30.6 Å². The zero-order valence-electron chi connectivity index (χ0n) is 15.4. The van der Waals surface area contributed by atoms with Crippen LogP contribution in [-0.4, -0.2) is 76.1 Å². The van der Waals surface area contributed by atoms with Crippen molar-refractivity contribution in [3.63, 3.8) is 0 Å². The SMILES string of the molecule is C[C@@H](O)[C@@H]1C(=O)N2C(C(=O)O)=C([S@](=O)[C@@H]3CN[C@H](CNS(N)(=O)=O)C3)[C@H](C)[C@@H]12. The van der Waals surface area contributed by atoms with Crippen molar-refractivity contribution in [2.24, 2.45) is 17.0 Å². The van der Waals surface area contributed by atoms with Gasteiger partial charge in [-0.05, 0) is 13.3 Å². The molecule has 0 radical (unpaired) electrons. The van der Waals surface area contributed by atoms with Crippen molar-refractivity contribution in [3.8, 4) is 0 Å².